The summed E-state index contributed by atoms with van der Waals surface area (Å²) in [6.07, 6.45) is 2.13. The number of likely N-dealkylation sites (tertiary alicyclic amines) is 2. The highest BCUT2D eigenvalue weighted by Crippen LogP contribution is 2.34. The van der Waals surface area contributed by atoms with Crippen LogP contribution < -0.4 is 5.32 Å². The van der Waals surface area contributed by atoms with Crippen LogP contribution in [-0.4, -0.2) is 76.8 Å². The second-order valence-corrected chi connectivity index (χ2v) is 12.2. The van der Waals surface area contributed by atoms with Crippen molar-refractivity contribution in [2.75, 3.05) is 38.0 Å². The fourth-order valence-electron chi connectivity index (χ4n) is 6.46. The molecule has 9 heteroatoms. The number of nitrogens with zero attached hydrogens (tertiary/aromatic N) is 3. The van der Waals surface area contributed by atoms with Crippen LogP contribution in [0.4, 0.5) is 15.3 Å². The molecule has 0 unspecified atom stereocenters. The Kier molecular flexibility index (Phi) is 8.37. The van der Waals surface area contributed by atoms with Gasteiger partial charge in [0.05, 0.1) is 6.54 Å². The second-order valence-electron chi connectivity index (χ2n) is 12.2. The lowest BCUT2D eigenvalue weighted by atomic mass is 9.88. The number of amides is 4. The van der Waals surface area contributed by atoms with Gasteiger partial charge in [0.25, 0.3) is 5.91 Å². The highest BCUT2D eigenvalue weighted by atomic mass is 16.6. The van der Waals surface area contributed by atoms with Gasteiger partial charge in [-0.15, -0.1) is 0 Å². The number of hydrogen-bond acceptors (Lipinski definition) is 5. The summed E-state index contributed by atoms with van der Waals surface area (Å²) in [5, 5.41) is 2.96. The Bertz CT molecular complexity index is 1520. The van der Waals surface area contributed by atoms with Crippen LogP contribution in [0.25, 0.3) is 0 Å². The summed E-state index contributed by atoms with van der Waals surface area (Å²) in [5.74, 6) is 0.0497. The van der Waals surface area contributed by atoms with Crippen molar-refractivity contribution in [3.63, 3.8) is 0 Å². The molecule has 0 saturated carbocycles. The van der Waals surface area contributed by atoms with Gasteiger partial charge in [-0.3, -0.25) is 14.5 Å². The van der Waals surface area contributed by atoms with E-state index in [1.165, 1.54) is 0 Å². The molecule has 3 saturated heterocycles. The van der Waals surface area contributed by atoms with Crippen LogP contribution in [0.2, 0.25) is 0 Å². The lowest BCUT2D eigenvalue weighted by Crippen LogP contribution is -2.49. The number of anilines is 1. The maximum absolute atomic E-state index is 13.2. The van der Waals surface area contributed by atoms with Gasteiger partial charge in [-0.05, 0) is 55.2 Å². The van der Waals surface area contributed by atoms with Crippen LogP contribution in [0.5, 0.6) is 0 Å². The number of carbonyl (C=O) groups excluding carboxylic acids is 4. The summed E-state index contributed by atoms with van der Waals surface area (Å²) in [6.45, 7) is 4.96. The molecule has 44 heavy (non-hydrogen) atoms. The Balaban J connectivity index is 0.979. The van der Waals surface area contributed by atoms with E-state index in [0.29, 0.717) is 70.5 Å². The van der Waals surface area contributed by atoms with Gasteiger partial charge in [-0.25, -0.2) is 9.59 Å². The Labute approximate surface area is 257 Å². The Morgan fingerprint density at radius 2 is 1.55 bits per heavy atom. The first kappa shape index (κ1) is 29.4. The van der Waals surface area contributed by atoms with Gasteiger partial charge in [0.2, 0.25) is 0 Å². The van der Waals surface area contributed by atoms with Crippen LogP contribution in [0.15, 0.2) is 78.9 Å². The SMILES string of the molecule is Cc1cccc(NC(=O)N2CCC3(CC2)CN(Cc2ccc(C(=O)N4CCC(C(=O)c5ccccc5)CC4)cc2)C(=O)O3)c1. The third-order valence-corrected chi connectivity index (χ3v) is 9.06. The van der Waals surface area contributed by atoms with Crippen LogP contribution in [0.1, 0.15) is 57.5 Å². The zero-order chi connectivity index (χ0) is 30.7. The number of benzene rings is 3. The monoisotopic (exact) mass is 594 g/mol. The van der Waals surface area contributed by atoms with Crippen molar-refractivity contribution in [3.05, 3.63) is 101 Å². The van der Waals surface area contributed by atoms with Crippen molar-refractivity contribution in [2.45, 2.75) is 44.8 Å². The molecule has 4 amide bonds. The fourth-order valence-corrected chi connectivity index (χ4v) is 6.46. The summed E-state index contributed by atoms with van der Waals surface area (Å²) in [7, 11) is 0. The van der Waals surface area contributed by atoms with Gasteiger partial charge in [0.15, 0.2) is 5.78 Å². The number of piperidine rings is 2. The minimum absolute atomic E-state index is 0.0418. The Morgan fingerprint density at radius 3 is 2.23 bits per heavy atom. The maximum atomic E-state index is 13.2. The molecule has 3 aliphatic heterocycles. The Morgan fingerprint density at radius 1 is 0.841 bits per heavy atom. The number of urea groups is 1. The van der Waals surface area contributed by atoms with E-state index < -0.39 is 5.60 Å². The molecule has 1 spiro atoms. The molecule has 3 aromatic carbocycles. The molecule has 3 aromatic rings. The van der Waals surface area contributed by atoms with Crippen LogP contribution in [-0.2, 0) is 11.3 Å². The Hall–Kier alpha value is -4.66. The summed E-state index contributed by atoms with van der Waals surface area (Å²) in [6, 6.07) is 24.3. The van der Waals surface area contributed by atoms with Crippen LogP contribution in [0.3, 0.4) is 0 Å². The van der Waals surface area contributed by atoms with Crippen molar-refractivity contribution < 1.29 is 23.9 Å². The average Bonchev–Trinajstić information content (AvgIpc) is 3.34. The standard InChI is InChI=1S/C35H38N4O5/c1-25-6-5-9-30(22-25)36-33(42)38-20-16-35(17-21-38)24-39(34(43)44-35)23-26-10-12-29(13-11-26)32(41)37-18-14-28(15-19-37)31(40)27-7-3-2-4-8-27/h2-13,22,28H,14-21,23-24H2,1H3,(H,36,42). The highest BCUT2D eigenvalue weighted by molar-refractivity contribution is 5.98. The van der Waals surface area contributed by atoms with Gasteiger partial charge >= 0.3 is 12.1 Å². The van der Waals surface area contributed by atoms with E-state index in [4.69, 9.17) is 4.74 Å². The summed E-state index contributed by atoms with van der Waals surface area (Å²) < 4.78 is 5.88. The molecule has 6 rings (SSSR count). The molecule has 0 aromatic heterocycles. The third-order valence-electron chi connectivity index (χ3n) is 9.06. The number of ether oxygens (including phenoxy) is 1. The van der Waals surface area contributed by atoms with E-state index in [0.717, 1.165) is 22.4 Å². The van der Waals surface area contributed by atoms with E-state index in [9.17, 15) is 19.2 Å². The quantitative estimate of drug-likeness (QED) is 0.367. The topological polar surface area (TPSA) is 99.3 Å². The van der Waals surface area contributed by atoms with Gasteiger partial charge in [0, 0.05) is 68.3 Å². The second kappa shape index (κ2) is 12.5. The number of rotatable bonds is 6. The number of hydrogen-bond donors (Lipinski definition) is 1. The molecular formula is C35H38N4O5. The van der Waals surface area contributed by atoms with Gasteiger partial charge in [-0.1, -0.05) is 54.6 Å². The van der Waals surface area contributed by atoms with Crippen molar-refractivity contribution in [1.29, 1.82) is 0 Å². The minimum Gasteiger partial charge on any atom is -0.441 e. The van der Waals surface area contributed by atoms with Gasteiger partial charge in [0.1, 0.15) is 5.60 Å². The summed E-state index contributed by atoms with van der Waals surface area (Å²) in [4.78, 5) is 56.9. The van der Waals surface area contributed by atoms with Gasteiger partial charge in [-0.2, -0.15) is 0 Å². The average molecular weight is 595 g/mol. The first-order chi connectivity index (χ1) is 21.3. The zero-order valence-electron chi connectivity index (χ0n) is 25.0. The number of Topliss-reactive ketones (excluding diaryl/α,β-unsaturated/α-hetero) is 1. The molecule has 1 N–H and O–H groups in total. The van der Waals surface area contributed by atoms with E-state index in [-0.39, 0.29) is 29.7 Å². The third kappa shape index (κ3) is 6.46. The largest absolute Gasteiger partial charge is 0.441 e. The van der Waals surface area contributed by atoms with Crippen molar-refractivity contribution >= 4 is 29.5 Å². The van der Waals surface area contributed by atoms with E-state index in [2.05, 4.69) is 5.32 Å². The molecule has 0 radical (unpaired) electrons. The van der Waals surface area contributed by atoms with Crippen molar-refractivity contribution in [2.24, 2.45) is 5.92 Å². The molecule has 0 atom stereocenters. The van der Waals surface area contributed by atoms with Crippen molar-refractivity contribution in [1.82, 2.24) is 14.7 Å². The normalized spacial score (nSPS) is 18.3. The number of aryl methyl sites for hydroxylation is 1. The maximum Gasteiger partial charge on any atom is 0.410 e. The number of ketones is 1. The lowest BCUT2D eigenvalue weighted by molar-refractivity contribution is 0.0108. The first-order valence-electron chi connectivity index (χ1n) is 15.4. The number of nitrogens with one attached hydrogen (secondary N) is 1. The smallest absolute Gasteiger partial charge is 0.410 e. The molecule has 0 aliphatic carbocycles. The molecule has 3 heterocycles. The predicted octanol–water partition coefficient (Wildman–Crippen LogP) is 5.75. The van der Waals surface area contributed by atoms with Crippen LogP contribution >= 0.6 is 0 Å². The zero-order valence-corrected chi connectivity index (χ0v) is 25.0. The van der Waals surface area contributed by atoms with Crippen LogP contribution in [0, 0.1) is 12.8 Å². The summed E-state index contributed by atoms with van der Waals surface area (Å²) >= 11 is 0. The molecule has 3 aliphatic rings. The molecule has 228 valence electrons. The summed E-state index contributed by atoms with van der Waals surface area (Å²) in [5.41, 5.74) is 3.49. The van der Waals surface area contributed by atoms with Gasteiger partial charge < -0.3 is 19.9 Å². The molecule has 9 nitrogen and oxygen atoms in total. The lowest BCUT2D eigenvalue weighted by Gasteiger charge is -2.37. The minimum atomic E-state index is -0.596. The fraction of sp³-hybridized carbons (Fsp3) is 0.371. The molecule has 0 bridgehead atoms. The first-order valence-corrected chi connectivity index (χ1v) is 15.4. The highest BCUT2D eigenvalue weighted by Gasteiger charge is 2.47. The van der Waals surface area contributed by atoms with Crippen molar-refractivity contribution in [3.8, 4) is 0 Å². The molecular weight excluding hydrogens is 556 g/mol. The predicted molar refractivity (Wildman–Crippen MR) is 166 cm³/mol. The van der Waals surface area contributed by atoms with E-state index in [1.54, 1.807) is 21.9 Å². The number of carbonyl (C=O) groups is 4. The molecule has 3 fully saturated rings. The van der Waals surface area contributed by atoms with E-state index in [1.807, 2.05) is 78.6 Å². The van der Waals surface area contributed by atoms with E-state index >= 15 is 0 Å².